The number of methoxy groups -OCH3 is 2. The number of hydrogen-bond donors (Lipinski definition) is 3. The predicted octanol–water partition coefficient (Wildman–Crippen LogP) is 2.70. The normalized spacial score (nSPS) is 11.4. The summed E-state index contributed by atoms with van der Waals surface area (Å²) >= 11 is 0.933. The quantitative estimate of drug-likeness (QED) is 0.483. The number of phenolic OH excluding ortho intramolecular Hbond substituents is 1. The van der Waals surface area contributed by atoms with E-state index >= 15 is 0 Å². The lowest BCUT2D eigenvalue weighted by molar-refractivity contribution is -0.131. The Morgan fingerprint density at radius 2 is 1.96 bits per heavy atom. The molecule has 25 heavy (non-hydrogen) atoms. The molecule has 0 atom stereocenters. The molecule has 134 valence electrons. The SMILES string of the molecule is CCCc1nc(S/C(=C/c2cc(OC)c(O)c(OC)c2)C(=O)O)n[nH]1. The Hall–Kier alpha value is -2.68. The Labute approximate surface area is 148 Å². The molecule has 1 aromatic heterocycles. The van der Waals surface area contributed by atoms with E-state index in [0.717, 1.165) is 24.6 Å². The molecule has 2 rings (SSSR count). The van der Waals surface area contributed by atoms with E-state index in [2.05, 4.69) is 15.2 Å². The predicted molar refractivity (Wildman–Crippen MR) is 93.1 cm³/mol. The number of H-pyrrole nitrogens is 1. The number of benzene rings is 1. The van der Waals surface area contributed by atoms with Crippen molar-refractivity contribution in [3.05, 3.63) is 28.4 Å². The number of aromatic hydroxyl groups is 1. The molecule has 0 bridgehead atoms. The van der Waals surface area contributed by atoms with E-state index < -0.39 is 5.97 Å². The summed E-state index contributed by atoms with van der Waals surface area (Å²) in [7, 11) is 2.80. The number of ether oxygens (including phenoxy) is 2. The largest absolute Gasteiger partial charge is 0.502 e. The van der Waals surface area contributed by atoms with Gasteiger partial charge in [0.05, 0.1) is 14.2 Å². The molecule has 0 aliphatic heterocycles. The zero-order chi connectivity index (χ0) is 18.4. The highest BCUT2D eigenvalue weighted by atomic mass is 32.2. The van der Waals surface area contributed by atoms with Gasteiger partial charge in [0.1, 0.15) is 10.7 Å². The van der Waals surface area contributed by atoms with E-state index in [4.69, 9.17) is 9.47 Å². The number of thioether (sulfide) groups is 1. The number of aryl methyl sites for hydroxylation is 1. The number of carboxylic acid groups (broad SMARTS) is 1. The number of phenols is 1. The van der Waals surface area contributed by atoms with Gasteiger partial charge in [0.2, 0.25) is 10.9 Å². The van der Waals surface area contributed by atoms with Gasteiger partial charge < -0.3 is 19.7 Å². The zero-order valence-electron chi connectivity index (χ0n) is 14.1. The maximum atomic E-state index is 11.5. The molecular formula is C16H19N3O5S. The van der Waals surface area contributed by atoms with Gasteiger partial charge in [-0.15, -0.1) is 5.10 Å². The van der Waals surface area contributed by atoms with Crippen LogP contribution in [0.5, 0.6) is 17.2 Å². The lowest BCUT2D eigenvalue weighted by atomic mass is 10.1. The lowest BCUT2D eigenvalue weighted by Gasteiger charge is -2.10. The van der Waals surface area contributed by atoms with Gasteiger partial charge in [-0.3, -0.25) is 5.10 Å². The van der Waals surface area contributed by atoms with Crippen molar-refractivity contribution in [3.63, 3.8) is 0 Å². The molecule has 0 saturated heterocycles. The molecule has 3 N–H and O–H groups in total. The van der Waals surface area contributed by atoms with Crippen molar-refractivity contribution in [2.45, 2.75) is 24.9 Å². The fourth-order valence-electron chi connectivity index (χ4n) is 2.05. The van der Waals surface area contributed by atoms with Crippen LogP contribution in [0.2, 0.25) is 0 Å². The van der Waals surface area contributed by atoms with Gasteiger partial charge in [0, 0.05) is 6.42 Å². The Balaban J connectivity index is 2.34. The number of nitrogens with zero attached hydrogens (tertiary/aromatic N) is 2. The van der Waals surface area contributed by atoms with Crippen molar-refractivity contribution in [3.8, 4) is 17.2 Å². The second kappa shape index (κ2) is 8.43. The maximum Gasteiger partial charge on any atom is 0.342 e. The monoisotopic (exact) mass is 365 g/mol. The summed E-state index contributed by atoms with van der Waals surface area (Å²) in [6.07, 6.45) is 3.09. The highest BCUT2D eigenvalue weighted by Crippen LogP contribution is 2.38. The first-order valence-corrected chi connectivity index (χ1v) is 8.29. The van der Waals surface area contributed by atoms with Crippen molar-refractivity contribution in [2.75, 3.05) is 14.2 Å². The average Bonchev–Trinajstić information content (AvgIpc) is 3.03. The van der Waals surface area contributed by atoms with Crippen LogP contribution in [-0.2, 0) is 11.2 Å². The lowest BCUT2D eigenvalue weighted by Crippen LogP contribution is -1.98. The summed E-state index contributed by atoms with van der Waals surface area (Å²) in [6, 6.07) is 3.03. The van der Waals surface area contributed by atoms with Gasteiger partial charge in [-0.25, -0.2) is 9.78 Å². The van der Waals surface area contributed by atoms with Gasteiger partial charge in [0.15, 0.2) is 11.5 Å². The van der Waals surface area contributed by atoms with Crippen LogP contribution in [0.3, 0.4) is 0 Å². The standard InChI is InChI=1S/C16H19N3O5S/c1-4-5-13-17-16(19-18-13)25-12(15(21)22)8-9-6-10(23-2)14(20)11(7-9)24-3/h6-8,20H,4-5H2,1-3H3,(H,21,22)(H,17,18,19)/b12-8+. The van der Waals surface area contributed by atoms with Gasteiger partial charge in [-0.05, 0) is 42.0 Å². The van der Waals surface area contributed by atoms with Crippen LogP contribution in [0.4, 0.5) is 0 Å². The third kappa shape index (κ3) is 4.66. The van der Waals surface area contributed by atoms with E-state index in [0.29, 0.717) is 16.5 Å². The molecule has 1 aromatic carbocycles. The number of aromatic amines is 1. The van der Waals surface area contributed by atoms with Gasteiger partial charge >= 0.3 is 5.97 Å². The fraction of sp³-hybridized carbons (Fsp3) is 0.312. The summed E-state index contributed by atoms with van der Waals surface area (Å²) in [5, 5.41) is 26.5. The van der Waals surface area contributed by atoms with Crippen LogP contribution in [-0.4, -0.2) is 45.6 Å². The highest BCUT2D eigenvalue weighted by molar-refractivity contribution is 8.04. The number of carbonyl (C=O) groups is 1. The van der Waals surface area contributed by atoms with E-state index in [1.54, 1.807) is 0 Å². The summed E-state index contributed by atoms with van der Waals surface area (Å²) in [5.41, 5.74) is 0.501. The minimum atomic E-state index is -1.11. The number of carboxylic acids is 1. The van der Waals surface area contributed by atoms with Crippen LogP contribution in [0, 0.1) is 0 Å². The van der Waals surface area contributed by atoms with E-state index in [9.17, 15) is 15.0 Å². The maximum absolute atomic E-state index is 11.5. The third-order valence-electron chi connectivity index (χ3n) is 3.21. The highest BCUT2D eigenvalue weighted by Gasteiger charge is 2.16. The smallest absolute Gasteiger partial charge is 0.342 e. The topological polar surface area (TPSA) is 118 Å². The molecule has 0 aliphatic rings. The van der Waals surface area contributed by atoms with Crippen LogP contribution in [0.1, 0.15) is 24.7 Å². The average molecular weight is 365 g/mol. The second-order valence-electron chi connectivity index (χ2n) is 5.00. The molecule has 1 heterocycles. The van der Waals surface area contributed by atoms with Gasteiger partial charge in [0.25, 0.3) is 0 Å². The molecule has 2 aromatic rings. The third-order valence-corrected chi connectivity index (χ3v) is 4.09. The molecule has 0 fully saturated rings. The Kier molecular flexibility index (Phi) is 6.29. The van der Waals surface area contributed by atoms with Crippen LogP contribution < -0.4 is 9.47 Å². The molecule has 8 nitrogen and oxygen atoms in total. The molecule has 0 saturated carbocycles. The number of rotatable bonds is 8. The fourth-order valence-corrected chi connectivity index (χ4v) is 2.78. The Morgan fingerprint density at radius 1 is 1.32 bits per heavy atom. The van der Waals surface area contributed by atoms with Crippen molar-refractivity contribution in [1.29, 1.82) is 0 Å². The first kappa shape index (κ1) is 18.7. The first-order chi connectivity index (χ1) is 12.0. The summed E-state index contributed by atoms with van der Waals surface area (Å²) < 4.78 is 10.2. The molecule has 0 radical (unpaired) electrons. The van der Waals surface area contributed by atoms with Gasteiger partial charge in [-0.1, -0.05) is 6.92 Å². The number of aromatic nitrogens is 3. The Bertz CT molecular complexity index is 763. The first-order valence-electron chi connectivity index (χ1n) is 7.47. The number of nitrogens with one attached hydrogen (secondary N) is 1. The second-order valence-corrected chi connectivity index (χ2v) is 6.01. The molecule has 0 amide bonds. The van der Waals surface area contributed by atoms with Crippen LogP contribution in [0.25, 0.3) is 6.08 Å². The van der Waals surface area contributed by atoms with Crippen molar-refractivity contribution in [1.82, 2.24) is 15.2 Å². The van der Waals surface area contributed by atoms with Gasteiger partial charge in [-0.2, -0.15) is 0 Å². The van der Waals surface area contributed by atoms with E-state index in [-0.39, 0.29) is 22.2 Å². The molecule has 0 aliphatic carbocycles. The summed E-state index contributed by atoms with van der Waals surface area (Å²) in [4.78, 5) is 15.8. The van der Waals surface area contributed by atoms with Crippen molar-refractivity contribution >= 4 is 23.8 Å². The van der Waals surface area contributed by atoms with E-state index in [1.807, 2.05) is 6.92 Å². The zero-order valence-corrected chi connectivity index (χ0v) is 14.9. The minimum absolute atomic E-state index is 0.0249. The number of hydrogen-bond acceptors (Lipinski definition) is 7. The van der Waals surface area contributed by atoms with E-state index in [1.165, 1.54) is 32.4 Å². The summed E-state index contributed by atoms with van der Waals surface area (Å²) in [5.74, 6) is -0.183. The molecular weight excluding hydrogens is 346 g/mol. The minimum Gasteiger partial charge on any atom is -0.502 e. The Morgan fingerprint density at radius 3 is 2.48 bits per heavy atom. The van der Waals surface area contributed by atoms with Crippen molar-refractivity contribution < 1.29 is 24.5 Å². The van der Waals surface area contributed by atoms with Crippen molar-refractivity contribution in [2.24, 2.45) is 0 Å². The number of aliphatic carboxylic acids is 1. The van der Waals surface area contributed by atoms with Crippen LogP contribution >= 0.6 is 11.8 Å². The molecule has 9 heteroatoms. The molecule has 0 unspecified atom stereocenters. The summed E-state index contributed by atoms with van der Waals surface area (Å²) in [6.45, 7) is 2.02. The van der Waals surface area contributed by atoms with Crippen LogP contribution in [0.15, 0.2) is 22.2 Å². The molecule has 0 spiro atoms.